The Hall–Kier alpha value is -0.970. The largest absolute Gasteiger partial charge is 0.392 e. The summed E-state index contributed by atoms with van der Waals surface area (Å²) >= 11 is 4.93. The van der Waals surface area contributed by atoms with E-state index in [9.17, 15) is 9.59 Å². The van der Waals surface area contributed by atoms with Gasteiger partial charge in [0, 0.05) is 6.42 Å². The monoisotopic (exact) mass is 242 g/mol. The number of nitrogens with zero attached hydrogens (tertiary/aromatic N) is 1. The van der Waals surface area contributed by atoms with Crippen molar-refractivity contribution >= 4 is 29.0 Å². The van der Waals surface area contributed by atoms with Crippen LogP contribution in [0.15, 0.2) is 0 Å². The van der Waals surface area contributed by atoms with Gasteiger partial charge in [-0.15, -0.1) is 0 Å². The van der Waals surface area contributed by atoms with Gasteiger partial charge in [-0.25, -0.2) is 0 Å². The molecule has 1 rings (SSSR count). The Morgan fingerprint density at radius 1 is 1.56 bits per heavy atom. The minimum atomic E-state index is -0.617. The molecule has 5 heteroatoms. The summed E-state index contributed by atoms with van der Waals surface area (Å²) in [4.78, 5) is 25.3. The third-order valence-corrected chi connectivity index (χ3v) is 3.13. The molecule has 0 aromatic carbocycles. The van der Waals surface area contributed by atoms with Gasteiger partial charge in [-0.3, -0.25) is 14.5 Å². The van der Waals surface area contributed by atoms with Crippen LogP contribution in [0, 0.1) is 5.41 Å². The van der Waals surface area contributed by atoms with E-state index in [0.29, 0.717) is 6.42 Å². The molecule has 0 aliphatic carbocycles. The number of thiocarbonyl (C=S) groups is 1. The van der Waals surface area contributed by atoms with E-state index in [-0.39, 0.29) is 23.2 Å². The zero-order chi connectivity index (χ0) is 12.5. The molecule has 0 aromatic heterocycles. The first-order valence-corrected chi connectivity index (χ1v) is 5.88. The number of nitrogens with two attached hydrogens (primary N) is 1. The molecule has 0 saturated carbocycles. The van der Waals surface area contributed by atoms with Gasteiger partial charge in [0.2, 0.25) is 11.8 Å². The van der Waals surface area contributed by atoms with Crippen molar-refractivity contribution in [2.24, 2.45) is 11.1 Å². The van der Waals surface area contributed by atoms with Crippen molar-refractivity contribution in [2.45, 2.75) is 46.1 Å². The van der Waals surface area contributed by atoms with Crippen LogP contribution in [0.2, 0.25) is 0 Å². The first kappa shape index (κ1) is 13.1. The number of rotatable bonds is 4. The Labute approximate surface area is 101 Å². The lowest BCUT2D eigenvalue weighted by molar-refractivity contribution is -0.142. The van der Waals surface area contributed by atoms with Crippen molar-refractivity contribution in [3.63, 3.8) is 0 Å². The molecule has 1 aliphatic heterocycles. The van der Waals surface area contributed by atoms with Crippen LogP contribution < -0.4 is 5.73 Å². The van der Waals surface area contributed by atoms with E-state index in [4.69, 9.17) is 18.0 Å². The minimum Gasteiger partial charge on any atom is -0.392 e. The molecule has 1 aliphatic rings. The van der Waals surface area contributed by atoms with Gasteiger partial charge in [-0.05, 0) is 6.42 Å². The standard InChI is InChI=1S/C11H18N2O2S/c1-4-5-7(9(12)16)13-8(14)6-11(2,3)10(13)15/h7H,4-6H2,1-3H3,(H2,12,16). The molecule has 1 heterocycles. The fourth-order valence-corrected chi connectivity index (χ4v) is 2.19. The van der Waals surface area contributed by atoms with Crippen LogP contribution in [0.25, 0.3) is 0 Å². The van der Waals surface area contributed by atoms with Gasteiger partial charge in [0.1, 0.15) is 0 Å². The number of imide groups is 1. The highest BCUT2D eigenvalue weighted by Gasteiger charge is 2.47. The molecule has 0 spiro atoms. The summed E-state index contributed by atoms with van der Waals surface area (Å²) < 4.78 is 0. The maximum absolute atomic E-state index is 12.0. The maximum Gasteiger partial charge on any atom is 0.236 e. The summed E-state index contributed by atoms with van der Waals surface area (Å²) in [6.07, 6.45) is 1.72. The van der Waals surface area contributed by atoms with Crippen LogP contribution in [0.3, 0.4) is 0 Å². The first-order valence-electron chi connectivity index (χ1n) is 5.47. The Balaban J connectivity index is 2.98. The second-order valence-corrected chi connectivity index (χ2v) is 5.31. The molecule has 1 fully saturated rings. The van der Waals surface area contributed by atoms with Crippen molar-refractivity contribution in [1.29, 1.82) is 0 Å². The van der Waals surface area contributed by atoms with Crippen LogP contribution in [0.5, 0.6) is 0 Å². The van der Waals surface area contributed by atoms with E-state index in [1.807, 2.05) is 6.92 Å². The van der Waals surface area contributed by atoms with Crippen LogP contribution in [-0.2, 0) is 9.59 Å². The minimum absolute atomic E-state index is 0.163. The predicted molar refractivity (Wildman–Crippen MR) is 65.7 cm³/mol. The molecular weight excluding hydrogens is 224 g/mol. The quantitative estimate of drug-likeness (QED) is 0.595. The van der Waals surface area contributed by atoms with Crippen LogP contribution in [0.1, 0.15) is 40.0 Å². The molecule has 0 aromatic rings. The lowest BCUT2D eigenvalue weighted by Gasteiger charge is -2.26. The third kappa shape index (κ3) is 2.24. The number of amides is 2. The molecule has 2 amide bonds. The van der Waals surface area contributed by atoms with Gasteiger partial charge in [0.25, 0.3) is 0 Å². The van der Waals surface area contributed by atoms with Crippen molar-refractivity contribution in [2.75, 3.05) is 0 Å². The van der Waals surface area contributed by atoms with Crippen LogP contribution in [0.4, 0.5) is 0 Å². The highest BCUT2D eigenvalue weighted by Crippen LogP contribution is 2.33. The lowest BCUT2D eigenvalue weighted by atomic mass is 9.92. The van der Waals surface area contributed by atoms with Gasteiger partial charge in [-0.2, -0.15) is 0 Å². The number of carbonyl (C=O) groups excluding carboxylic acids is 2. The Bertz CT molecular complexity index is 339. The van der Waals surface area contributed by atoms with Gasteiger partial charge in [-0.1, -0.05) is 39.4 Å². The maximum atomic E-state index is 12.0. The van der Waals surface area contributed by atoms with E-state index in [0.717, 1.165) is 6.42 Å². The molecule has 0 radical (unpaired) electrons. The van der Waals surface area contributed by atoms with Gasteiger partial charge >= 0.3 is 0 Å². The van der Waals surface area contributed by atoms with E-state index >= 15 is 0 Å². The molecular formula is C11H18N2O2S. The molecule has 1 atom stereocenters. The fraction of sp³-hybridized carbons (Fsp3) is 0.727. The molecule has 1 saturated heterocycles. The zero-order valence-electron chi connectivity index (χ0n) is 9.95. The SMILES string of the molecule is CCCC(C(N)=S)N1C(=O)CC(C)(C)C1=O. The normalized spacial score (nSPS) is 21.3. The van der Waals surface area contributed by atoms with E-state index < -0.39 is 11.5 Å². The molecule has 1 unspecified atom stereocenters. The Morgan fingerprint density at radius 3 is 2.44 bits per heavy atom. The van der Waals surface area contributed by atoms with Crippen LogP contribution >= 0.6 is 12.2 Å². The first-order chi connectivity index (χ1) is 7.31. The highest BCUT2D eigenvalue weighted by atomic mass is 32.1. The third-order valence-electron chi connectivity index (χ3n) is 2.86. The van der Waals surface area contributed by atoms with Crippen LogP contribution in [-0.4, -0.2) is 27.7 Å². The molecule has 4 nitrogen and oxygen atoms in total. The van der Waals surface area contributed by atoms with Crippen molar-refractivity contribution in [1.82, 2.24) is 4.90 Å². The van der Waals surface area contributed by atoms with E-state index in [1.54, 1.807) is 13.8 Å². The number of likely N-dealkylation sites (tertiary alicyclic amines) is 1. The second-order valence-electron chi connectivity index (χ2n) is 4.84. The summed E-state index contributed by atoms with van der Waals surface area (Å²) in [5, 5.41) is 0. The molecule has 0 bridgehead atoms. The summed E-state index contributed by atoms with van der Waals surface area (Å²) in [6, 6.07) is -0.415. The molecule has 2 N–H and O–H groups in total. The summed E-state index contributed by atoms with van der Waals surface area (Å²) in [6.45, 7) is 5.52. The average molecular weight is 242 g/mol. The van der Waals surface area contributed by atoms with E-state index in [1.165, 1.54) is 4.90 Å². The smallest absolute Gasteiger partial charge is 0.236 e. The molecule has 90 valence electrons. The summed E-state index contributed by atoms with van der Waals surface area (Å²) in [7, 11) is 0. The van der Waals surface area contributed by atoms with Gasteiger partial charge in [0.15, 0.2) is 0 Å². The fourth-order valence-electron chi connectivity index (χ4n) is 1.97. The Morgan fingerprint density at radius 2 is 2.12 bits per heavy atom. The van der Waals surface area contributed by atoms with Gasteiger partial charge in [0.05, 0.1) is 16.4 Å². The van der Waals surface area contributed by atoms with Crippen molar-refractivity contribution < 1.29 is 9.59 Å². The topological polar surface area (TPSA) is 63.4 Å². The summed E-state index contributed by atoms with van der Waals surface area (Å²) in [5.41, 5.74) is 4.98. The zero-order valence-corrected chi connectivity index (χ0v) is 10.8. The Kier molecular flexibility index (Phi) is 3.68. The van der Waals surface area contributed by atoms with E-state index in [2.05, 4.69) is 0 Å². The van der Waals surface area contributed by atoms with Crippen molar-refractivity contribution in [3.05, 3.63) is 0 Å². The molecule has 16 heavy (non-hydrogen) atoms. The summed E-state index contributed by atoms with van der Waals surface area (Å²) in [5.74, 6) is -0.329. The second kappa shape index (κ2) is 4.49. The lowest BCUT2D eigenvalue weighted by Crippen LogP contribution is -2.48. The average Bonchev–Trinajstić information content (AvgIpc) is 2.33. The number of hydrogen-bond donors (Lipinski definition) is 1. The number of hydrogen-bond acceptors (Lipinski definition) is 3. The van der Waals surface area contributed by atoms with Crippen molar-refractivity contribution in [3.8, 4) is 0 Å². The number of carbonyl (C=O) groups is 2. The highest BCUT2D eigenvalue weighted by molar-refractivity contribution is 7.80. The van der Waals surface area contributed by atoms with Gasteiger partial charge < -0.3 is 5.73 Å². The predicted octanol–water partition coefficient (Wildman–Crippen LogP) is 1.23.